The molecule has 0 saturated heterocycles. The maximum atomic E-state index is 11.5. The van der Waals surface area contributed by atoms with Gasteiger partial charge in [-0.1, -0.05) is 17.7 Å². The van der Waals surface area contributed by atoms with E-state index in [1.54, 1.807) is 24.3 Å². The van der Waals surface area contributed by atoms with E-state index in [9.17, 15) is 9.59 Å². The van der Waals surface area contributed by atoms with Crippen LogP contribution in [0.3, 0.4) is 0 Å². The highest BCUT2D eigenvalue weighted by Gasteiger charge is 2.15. The minimum absolute atomic E-state index is 0.398. The molecule has 0 aliphatic heterocycles. The van der Waals surface area contributed by atoms with Gasteiger partial charge in [-0.05, 0) is 30.7 Å². The molecule has 4 heteroatoms. The molecular formula is C10H10ClNO2. The third-order valence-electron chi connectivity index (χ3n) is 1.87. The Morgan fingerprint density at radius 2 is 1.71 bits per heavy atom. The highest BCUT2D eigenvalue weighted by Crippen LogP contribution is 2.07. The zero-order valence-electron chi connectivity index (χ0n) is 7.95. The predicted octanol–water partition coefficient (Wildman–Crippen LogP) is 2.43. The van der Waals surface area contributed by atoms with Crippen molar-refractivity contribution in [3.8, 4) is 0 Å². The van der Waals surface area contributed by atoms with Crippen LogP contribution in [0.5, 0.6) is 0 Å². The molecule has 0 heterocycles. The van der Waals surface area contributed by atoms with Gasteiger partial charge in [0.25, 0.3) is 5.91 Å². The van der Waals surface area contributed by atoms with Crippen LogP contribution < -0.4 is 0 Å². The van der Waals surface area contributed by atoms with Gasteiger partial charge in [-0.2, -0.15) is 0 Å². The van der Waals surface area contributed by atoms with E-state index in [1.165, 1.54) is 7.05 Å². The molecule has 0 saturated carbocycles. The first-order chi connectivity index (χ1) is 6.52. The molecule has 0 bridgehead atoms. The molecule has 0 radical (unpaired) electrons. The third kappa shape index (κ3) is 2.33. The average molecular weight is 212 g/mol. The molecule has 1 aromatic rings. The zero-order valence-corrected chi connectivity index (χ0v) is 8.71. The largest absolute Gasteiger partial charge is 0.323 e. The number of hydrogen-bond acceptors (Lipinski definition) is 2. The number of amides is 2. The lowest BCUT2D eigenvalue weighted by atomic mass is 10.1. The summed E-state index contributed by atoms with van der Waals surface area (Å²) in [5, 5.41) is -0.782. The Morgan fingerprint density at radius 1 is 1.21 bits per heavy atom. The summed E-state index contributed by atoms with van der Waals surface area (Å²) in [6, 6.07) is 6.93. The van der Waals surface area contributed by atoms with Gasteiger partial charge >= 0.3 is 5.37 Å². The summed E-state index contributed by atoms with van der Waals surface area (Å²) in [6.45, 7) is 1.92. The summed E-state index contributed by atoms with van der Waals surface area (Å²) in [7, 11) is 1.34. The molecule has 14 heavy (non-hydrogen) atoms. The summed E-state index contributed by atoms with van der Waals surface area (Å²) in [4.78, 5) is 23.1. The Kier molecular flexibility index (Phi) is 3.25. The molecule has 0 aromatic heterocycles. The molecule has 3 nitrogen and oxygen atoms in total. The number of benzene rings is 1. The smallest absolute Gasteiger partial charge is 0.269 e. The van der Waals surface area contributed by atoms with Gasteiger partial charge in [0, 0.05) is 12.6 Å². The molecule has 1 rings (SSSR count). The molecule has 0 spiro atoms. The lowest BCUT2D eigenvalue weighted by Gasteiger charge is -2.10. The molecular weight excluding hydrogens is 202 g/mol. The van der Waals surface area contributed by atoms with Crippen LogP contribution in [0.25, 0.3) is 0 Å². The molecule has 74 valence electrons. The summed E-state index contributed by atoms with van der Waals surface area (Å²) < 4.78 is 0. The minimum Gasteiger partial charge on any atom is -0.269 e. The highest BCUT2D eigenvalue weighted by molar-refractivity contribution is 6.64. The molecule has 0 unspecified atom stereocenters. The Morgan fingerprint density at radius 3 is 2.14 bits per heavy atom. The zero-order chi connectivity index (χ0) is 10.7. The lowest BCUT2D eigenvalue weighted by molar-refractivity contribution is 0.0847. The second-order valence-electron chi connectivity index (χ2n) is 2.98. The summed E-state index contributed by atoms with van der Waals surface area (Å²) >= 11 is 5.17. The van der Waals surface area contributed by atoms with Gasteiger partial charge in [-0.15, -0.1) is 0 Å². The fourth-order valence-electron chi connectivity index (χ4n) is 0.970. The van der Waals surface area contributed by atoms with Crippen molar-refractivity contribution in [3.63, 3.8) is 0 Å². The maximum absolute atomic E-state index is 11.5. The van der Waals surface area contributed by atoms with Gasteiger partial charge < -0.3 is 0 Å². The first-order valence-electron chi connectivity index (χ1n) is 4.06. The minimum atomic E-state index is -0.782. The standard InChI is InChI=1S/C10H10ClNO2/c1-7-3-5-8(6-4-7)9(13)12(2)10(11)14/h3-6H,1-2H3. The predicted molar refractivity (Wildman–Crippen MR) is 54.5 cm³/mol. The van der Waals surface area contributed by atoms with Crippen molar-refractivity contribution in [2.75, 3.05) is 7.05 Å². The summed E-state index contributed by atoms with van der Waals surface area (Å²) in [6.07, 6.45) is 0. The molecule has 1 aromatic carbocycles. The van der Waals surface area contributed by atoms with Crippen LogP contribution in [0.15, 0.2) is 24.3 Å². The number of rotatable bonds is 1. The Bertz CT molecular complexity index is 359. The van der Waals surface area contributed by atoms with Gasteiger partial charge in [-0.3, -0.25) is 14.5 Å². The van der Waals surface area contributed by atoms with E-state index in [1.807, 2.05) is 6.92 Å². The van der Waals surface area contributed by atoms with Crippen LogP contribution in [-0.2, 0) is 0 Å². The molecule has 0 aliphatic rings. The van der Waals surface area contributed by atoms with E-state index in [4.69, 9.17) is 11.6 Å². The normalized spacial score (nSPS) is 9.64. The van der Waals surface area contributed by atoms with E-state index in [0.29, 0.717) is 5.56 Å². The van der Waals surface area contributed by atoms with Crippen LogP contribution in [-0.4, -0.2) is 23.2 Å². The van der Waals surface area contributed by atoms with Crippen molar-refractivity contribution in [3.05, 3.63) is 35.4 Å². The van der Waals surface area contributed by atoms with E-state index in [0.717, 1.165) is 10.5 Å². The number of hydrogen-bond donors (Lipinski definition) is 0. The Labute approximate surface area is 87.3 Å². The highest BCUT2D eigenvalue weighted by atomic mass is 35.5. The summed E-state index contributed by atoms with van der Waals surface area (Å²) in [5.74, 6) is -0.398. The topological polar surface area (TPSA) is 37.4 Å². The van der Waals surface area contributed by atoms with Gasteiger partial charge in [0.2, 0.25) is 0 Å². The quantitative estimate of drug-likeness (QED) is 0.529. The fourth-order valence-corrected chi connectivity index (χ4v) is 1.05. The molecule has 0 N–H and O–H groups in total. The van der Waals surface area contributed by atoms with Crippen molar-refractivity contribution in [2.24, 2.45) is 0 Å². The average Bonchev–Trinajstić information content (AvgIpc) is 2.16. The van der Waals surface area contributed by atoms with E-state index >= 15 is 0 Å². The monoisotopic (exact) mass is 211 g/mol. The van der Waals surface area contributed by atoms with E-state index in [-0.39, 0.29) is 0 Å². The molecule has 0 aliphatic carbocycles. The first-order valence-corrected chi connectivity index (χ1v) is 4.44. The van der Waals surface area contributed by atoms with Crippen molar-refractivity contribution < 1.29 is 9.59 Å². The second-order valence-corrected chi connectivity index (χ2v) is 3.31. The van der Waals surface area contributed by atoms with E-state index in [2.05, 4.69) is 0 Å². The van der Waals surface area contributed by atoms with Crippen molar-refractivity contribution in [1.82, 2.24) is 4.90 Å². The maximum Gasteiger partial charge on any atom is 0.323 e. The van der Waals surface area contributed by atoms with Crippen LogP contribution in [0.1, 0.15) is 15.9 Å². The van der Waals surface area contributed by atoms with Crippen LogP contribution in [0.2, 0.25) is 0 Å². The Hall–Kier alpha value is -1.35. The number of carbonyl (C=O) groups is 2. The van der Waals surface area contributed by atoms with Gasteiger partial charge in [-0.25, -0.2) is 0 Å². The number of carbonyl (C=O) groups excluding carboxylic acids is 2. The lowest BCUT2D eigenvalue weighted by Crippen LogP contribution is -2.28. The van der Waals surface area contributed by atoms with Crippen LogP contribution >= 0.6 is 11.6 Å². The molecule has 0 fully saturated rings. The van der Waals surface area contributed by atoms with Gasteiger partial charge in [0.05, 0.1) is 0 Å². The van der Waals surface area contributed by atoms with Crippen LogP contribution in [0.4, 0.5) is 4.79 Å². The Balaban J connectivity index is 2.90. The van der Waals surface area contributed by atoms with Crippen molar-refractivity contribution in [1.29, 1.82) is 0 Å². The third-order valence-corrected chi connectivity index (χ3v) is 2.12. The molecule has 2 amide bonds. The fraction of sp³-hybridized carbons (Fsp3) is 0.200. The van der Waals surface area contributed by atoms with Gasteiger partial charge in [0.1, 0.15) is 0 Å². The SMILES string of the molecule is Cc1ccc(C(=O)N(C)C(=O)Cl)cc1. The van der Waals surface area contributed by atoms with Crippen LogP contribution in [0, 0.1) is 6.92 Å². The molecule has 0 atom stereocenters. The van der Waals surface area contributed by atoms with Crippen molar-refractivity contribution in [2.45, 2.75) is 6.92 Å². The van der Waals surface area contributed by atoms with E-state index < -0.39 is 11.3 Å². The van der Waals surface area contributed by atoms with Crippen molar-refractivity contribution >= 4 is 22.9 Å². The number of imide groups is 1. The number of aryl methyl sites for hydroxylation is 1. The number of nitrogens with zero attached hydrogens (tertiary/aromatic N) is 1. The summed E-state index contributed by atoms with van der Waals surface area (Å²) in [5.41, 5.74) is 1.51. The first kappa shape index (κ1) is 10.7. The second kappa shape index (κ2) is 4.24. The van der Waals surface area contributed by atoms with Gasteiger partial charge in [0.15, 0.2) is 0 Å². The number of halogens is 1.